The van der Waals surface area contributed by atoms with Crippen LogP contribution < -0.4 is 0 Å². The second-order valence-corrected chi connectivity index (χ2v) is 3.62. The van der Waals surface area contributed by atoms with E-state index >= 15 is 0 Å². The van der Waals surface area contributed by atoms with Crippen LogP contribution in [0.2, 0.25) is 0 Å². The molecule has 1 saturated heterocycles. The highest BCUT2D eigenvalue weighted by molar-refractivity contribution is 4.88. The van der Waals surface area contributed by atoms with E-state index in [1.165, 1.54) is 6.92 Å². The third-order valence-corrected chi connectivity index (χ3v) is 2.26. The number of hydrogen-bond donors (Lipinski definition) is 5. The van der Waals surface area contributed by atoms with E-state index in [1.54, 1.807) is 0 Å². The van der Waals surface area contributed by atoms with Crippen molar-refractivity contribution in [2.75, 3.05) is 0 Å². The van der Waals surface area contributed by atoms with Gasteiger partial charge in [0.05, 0.1) is 12.2 Å². The molecule has 1 aliphatic heterocycles. The molecule has 0 aromatic carbocycles. The monoisotopic (exact) mass is 208 g/mol. The van der Waals surface area contributed by atoms with Crippen molar-refractivity contribution in [2.24, 2.45) is 0 Å². The lowest BCUT2D eigenvalue weighted by atomic mass is 9.95. The highest BCUT2D eigenvalue weighted by atomic mass is 16.6. The van der Waals surface area contributed by atoms with Crippen LogP contribution in [0, 0.1) is 0 Å². The van der Waals surface area contributed by atoms with Gasteiger partial charge in [0.15, 0.2) is 6.29 Å². The number of aliphatic hydroxyl groups excluding tert-OH is 5. The predicted octanol–water partition coefficient (Wildman–Crippen LogP) is -2.44. The zero-order valence-electron chi connectivity index (χ0n) is 7.82. The van der Waals surface area contributed by atoms with Crippen LogP contribution in [-0.4, -0.2) is 62.3 Å². The highest BCUT2D eigenvalue weighted by Gasteiger charge is 2.42. The number of aliphatic hydroxyl groups is 5. The summed E-state index contributed by atoms with van der Waals surface area (Å²) < 4.78 is 4.83. The predicted molar refractivity (Wildman–Crippen MR) is 45.2 cm³/mol. The normalized spacial score (nSPS) is 46.3. The van der Waals surface area contributed by atoms with Crippen LogP contribution in [0.3, 0.4) is 0 Å². The van der Waals surface area contributed by atoms with Gasteiger partial charge in [-0.15, -0.1) is 0 Å². The number of rotatable bonds is 2. The molecular weight excluding hydrogens is 192 g/mol. The van der Waals surface area contributed by atoms with E-state index in [1.807, 2.05) is 0 Å². The molecule has 6 heteroatoms. The summed E-state index contributed by atoms with van der Waals surface area (Å²) in [5.74, 6) is 0. The van der Waals surface area contributed by atoms with E-state index in [4.69, 9.17) is 20.1 Å². The molecule has 1 heterocycles. The van der Waals surface area contributed by atoms with E-state index in [0.717, 1.165) is 0 Å². The molecule has 0 bridgehead atoms. The molecule has 0 aromatic rings. The zero-order chi connectivity index (χ0) is 10.9. The molecule has 84 valence electrons. The minimum Gasteiger partial charge on any atom is -0.393 e. The lowest BCUT2D eigenvalue weighted by Gasteiger charge is -2.38. The van der Waals surface area contributed by atoms with Gasteiger partial charge in [-0.3, -0.25) is 0 Å². The van der Waals surface area contributed by atoms with Crippen molar-refractivity contribution in [3.63, 3.8) is 0 Å². The Kier molecular flexibility index (Phi) is 3.82. The summed E-state index contributed by atoms with van der Waals surface area (Å²) in [4.78, 5) is 0. The van der Waals surface area contributed by atoms with Gasteiger partial charge in [0.25, 0.3) is 0 Å². The minimum absolute atomic E-state index is 0.0853. The molecule has 5 N–H and O–H groups in total. The van der Waals surface area contributed by atoms with Crippen molar-refractivity contribution in [1.82, 2.24) is 0 Å². The molecule has 0 spiro atoms. The molecule has 0 saturated carbocycles. The lowest BCUT2D eigenvalue weighted by molar-refractivity contribution is -0.285. The standard InChI is InChI=1S/C8H16O6/c1-3(9)2-4-5(10)6(11)7(12)8(13)14-4/h3-13H,2H2,1H3. The summed E-state index contributed by atoms with van der Waals surface area (Å²) in [6.45, 7) is 1.50. The topological polar surface area (TPSA) is 110 Å². The quantitative estimate of drug-likeness (QED) is 0.345. The van der Waals surface area contributed by atoms with E-state index < -0.39 is 36.8 Å². The Morgan fingerprint density at radius 3 is 2.14 bits per heavy atom. The Morgan fingerprint density at radius 1 is 1.07 bits per heavy atom. The Hall–Kier alpha value is -0.240. The van der Waals surface area contributed by atoms with Crippen LogP contribution in [0.15, 0.2) is 0 Å². The van der Waals surface area contributed by atoms with Crippen LogP contribution in [0.4, 0.5) is 0 Å². The smallest absolute Gasteiger partial charge is 0.183 e. The second-order valence-electron chi connectivity index (χ2n) is 3.62. The molecule has 1 rings (SSSR count). The van der Waals surface area contributed by atoms with Crippen LogP contribution in [0.25, 0.3) is 0 Å². The lowest BCUT2D eigenvalue weighted by Crippen LogP contribution is -2.57. The first kappa shape index (κ1) is 11.8. The first-order chi connectivity index (χ1) is 6.43. The molecule has 0 aliphatic carbocycles. The van der Waals surface area contributed by atoms with Crippen molar-refractivity contribution in [2.45, 2.75) is 50.2 Å². The summed E-state index contributed by atoms with van der Waals surface area (Å²) >= 11 is 0. The minimum atomic E-state index is -1.53. The maximum absolute atomic E-state index is 9.42. The Morgan fingerprint density at radius 2 is 1.64 bits per heavy atom. The van der Waals surface area contributed by atoms with Crippen molar-refractivity contribution in [1.29, 1.82) is 0 Å². The Balaban J connectivity index is 2.60. The van der Waals surface area contributed by atoms with Crippen molar-refractivity contribution < 1.29 is 30.3 Å². The summed E-state index contributed by atoms with van der Waals surface area (Å²) in [5, 5.41) is 46.0. The first-order valence-electron chi connectivity index (χ1n) is 4.49. The fourth-order valence-electron chi connectivity index (χ4n) is 1.46. The van der Waals surface area contributed by atoms with Gasteiger partial charge in [-0.1, -0.05) is 0 Å². The van der Waals surface area contributed by atoms with Gasteiger partial charge >= 0.3 is 0 Å². The second kappa shape index (κ2) is 4.52. The summed E-state index contributed by atoms with van der Waals surface area (Å²) in [5.41, 5.74) is 0. The van der Waals surface area contributed by atoms with Crippen LogP contribution >= 0.6 is 0 Å². The molecule has 1 fully saturated rings. The molecule has 0 radical (unpaired) electrons. The molecule has 6 nitrogen and oxygen atoms in total. The van der Waals surface area contributed by atoms with Gasteiger partial charge in [0.2, 0.25) is 0 Å². The van der Waals surface area contributed by atoms with Gasteiger partial charge in [-0.25, -0.2) is 0 Å². The van der Waals surface area contributed by atoms with Crippen molar-refractivity contribution >= 4 is 0 Å². The Labute approximate surface area is 81.4 Å². The molecule has 6 unspecified atom stereocenters. The summed E-state index contributed by atoms with van der Waals surface area (Å²) in [6.07, 6.45) is -7.31. The molecular formula is C8H16O6. The SMILES string of the molecule is CC(O)CC1OC(O)C(O)C(O)C1O. The van der Waals surface area contributed by atoms with Gasteiger partial charge in [-0.2, -0.15) is 0 Å². The fraction of sp³-hybridized carbons (Fsp3) is 1.00. The van der Waals surface area contributed by atoms with Gasteiger partial charge in [0, 0.05) is 6.42 Å². The molecule has 14 heavy (non-hydrogen) atoms. The Bertz CT molecular complexity index is 185. The molecule has 6 atom stereocenters. The van der Waals surface area contributed by atoms with Crippen LogP contribution in [0.5, 0.6) is 0 Å². The van der Waals surface area contributed by atoms with E-state index in [-0.39, 0.29) is 6.42 Å². The third kappa shape index (κ3) is 2.41. The first-order valence-corrected chi connectivity index (χ1v) is 4.49. The third-order valence-electron chi connectivity index (χ3n) is 2.26. The van der Waals surface area contributed by atoms with E-state index in [9.17, 15) is 10.2 Å². The van der Waals surface area contributed by atoms with Crippen LogP contribution in [0.1, 0.15) is 13.3 Å². The van der Waals surface area contributed by atoms with Crippen molar-refractivity contribution in [3.05, 3.63) is 0 Å². The summed E-state index contributed by atoms with van der Waals surface area (Å²) in [6, 6.07) is 0. The maximum Gasteiger partial charge on any atom is 0.183 e. The highest BCUT2D eigenvalue weighted by Crippen LogP contribution is 2.22. The molecule has 0 aromatic heterocycles. The van der Waals surface area contributed by atoms with Gasteiger partial charge in [0.1, 0.15) is 18.3 Å². The van der Waals surface area contributed by atoms with Gasteiger partial charge in [-0.05, 0) is 6.92 Å². The van der Waals surface area contributed by atoms with Crippen molar-refractivity contribution in [3.8, 4) is 0 Å². The van der Waals surface area contributed by atoms with E-state index in [0.29, 0.717) is 0 Å². The molecule has 0 amide bonds. The number of hydrogen-bond acceptors (Lipinski definition) is 6. The largest absolute Gasteiger partial charge is 0.393 e. The zero-order valence-corrected chi connectivity index (χ0v) is 7.82. The summed E-state index contributed by atoms with van der Waals surface area (Å²) in [7, 11) is 0. The molecule has 1 aliphatic rings. The number of ether oxygens (including phenoxy) is 1. The average Bonchev–Trinajstić information content (AvgIpc) is 2.10. The maximum atomic E-state index is 9.42. The average molecular weight is 208 g/mol. The van der Waals surface area contributed by atoms with E-state index in [2.05, 4.69) is 0 Å². The fourth-order valence-corrected chi connectivity index (χ4v) is 1.46. The van der Waals surface area contributed by atoms with Crippen LogP contribution in [-0.2, 0) is 4.74 Å². The van der Waals surface area contributed by atoms with Gasteiger partial charge < -0.3 is 30.3 Å².